The van der Waals surface area contributed by atoms with Gasteiger partial charge in [0.2, 0.25) is 5.91 Å². The number of halogens is 1. The number of amides is 1. The molecule has 8 heteroatoms. The number of benzene rings is 2. The van der Waals surface area contributed by atoms with Gasteiger partial charge in [-0.05, 0) is 36.6 Å². The number of nitrogens with zero attached hydrogens (tertiary/aromatic N) is 2. The number of aromatic nitrogens is 3. The first-order chi connectivity index (χ1) is 16.0. The van der Waals surface area contributed by atoms with Crippen molar-refractivity contribution in [2.75, 3.05) is 11.1 Å². The van der Waals surface area contributed by atoms with Gasteiger partial charge in [-0.3, -0.25) is 14.2 Å². The molecule has 2 heterocycles. The molecule has 1 amide bonds. The molecule has 2 aromatic carbocycles. The van der Waals surface area contributed by atoms with Crippen LogP contribution in [0.5, 0.6) is 0 Å². The fourth-order valence-electron chi connectivity index (χ4n) is 3.57. The van der Waals surface area contributed by atoms with Crippen molar-refractivity contribution in [1.29, 1.82) is 0 Å². The molecular formula is C25H25ClN4O2S. The lowest BCUT2D eigenvalue weighted by Gasteiger charge is -2.12. The molecule has 0 aliphatic carbocycles. The first kappa shape index (κ1) is 23.1. The molecule has 0 unspecified atom stereocenters. The number of fused-ring (bicyclic) bond motifs is 1. The van der Waals surface area contributed by atoms with Gasteiger partial charge in [0.05, 0.1) is 16.5 Å². The van der Waals surface area contributed by atoms with E-state index in [1.807, 2.05) is 49.5 Å². The van der Waals surface area contributed by atoms with Crippen LogP contribution in [0.15, 0.2) is 64.7 Å². The molecule has 170 valence electrons. The van der Waals surface area contributed by atoms with Crippen LogP contribution in [0.4, 0.5) is 5.69 Å². The third-order valence-corrected chi connectivity index (χ3v) is 6.59. The van der Waals surface area contributed by atoms with Gasteiger partial charge in [0.1, 0.15) is 11.0 Å². The molecule has 0 spiro atoms. The fraction of sp³-hybridized carbons (Fsp3) is 0.240. The quantitative estimate of drug-likeness (QED) is 0.243. The Labute approximate surface area is 201 Å². The Morgan fingerprint density at radius 3 is 2.73 bits per heavy atom. The van der Waals surface area contributed by atoms with Crippen LogP contribution in [-0.4, -0.2) is 26.2 Å². The summed E-state index contributed by atoms with van der Waals surface area (Å²) < 4.78 is 1.66. The van der Waals surface area contributed by atoms with E-state index in [4.69, 9.17) is 16.6 Å². The SMILES string of the molecule is CCCCn1c(SCC(=O)Nc2ccc(C)cc2Cl)nc2c(-c3ccccc3)c[nH]c2c1=O. The second kappa shape index (κ2) is 10.3. The Bertz CT molecular complexity index is 1350. The molecule has 6 nitrogen and oxygen atoms in total. The Hall–Kier alpha value is -3.03. The van der Waals surface area contributed by atoms with E-state index in [2.05, 4.69) is 17.2 Å². The van der Waals surface area contributed by atoms with E-state index in [9.17, 15) is 9.59 Å². The number of unbranched alkanes of at least 4 members (excludes halogenated alkanes) is 1. The lowest BCUT2D eigenvalue weighted by atomic mass is 10.1. The fourth-order valence-corrected chi connectivity index (χ4v) is 4.67. The van der Waals surface area contributed by atoms with Gasteiger partial charge in [0, 0.05) is 18.3 Å². The Morgan fingerprint density at radius 2 is 2.00 bits per heavy atom. The molecule has 0 atom stereocenters. The van der Waals surface area contributed by atoms with Crippen molar-refractivity contribution in [2.24, 2.45) is 0 Å². The van der Waals surface area contributed by atoms with Crippen LogP contribution in [0, 0.1) is 6.92 Å². The highest BCUT2D eigenvalue weighted by molar-refractivity contribution is 7.99. The summed E-state index contributed by atoms with van der Waals surface area (Å²) in [4.78, 5) is 33.8. The highest BCUT2D eigenvalue weighted by Crippen LogP contribution is 2.28. The average molecular weight is 481 g/mol. The standard InChI is InChI=1S/C25H25ClN4O2S/c1-3-4-12-30-24(32)23-22(18(14-27-23)17-8-6-5-7-9-17)29-25(30)33-15-21(31)28-20-11-10-16(2)13-19(20)26/h5-11,13-14,27H,3-4,12,15H2,1-2H3,(H,28,31). The van der Waals surface area contributed by atoms with Crippen LogP contribution in [0.2, 0.25) is 5.02 Å². The first-order valence-corrected chi connectivity index (χ1v) is 12.2. The van der Waals surface area contributed by atoms with E-state index in [0.717, 1.165) is 29.5 Å². The highest BCUT2D eigenvalue weighted by atomic mass is 35.5. The van der Waals surface area contributed by atoms with Gasteiger partial charge in [0.25, 0.3) is 5.56 Å². The molecule has 33 heavy (non-hydrogen) atoms. The van der Waals surface area contributed by atoms with Gasteiger partial charge in [-0.1, -0.05) is 73.1 Å². The predicted octanol–water partition coefficient (Wildman–Crippen LogP) is 5.88. The summed E-state index contributed by atoms with van der Waals surface area (Å²) in [5.74, 6) is -0.0983. The van der Waals surface area contributed by atoms with Gasteiger partial charge < -0.3 is 10.3 Å². The number of hydrogen-bond donors (Lipinski definition) is 2. The molecule has 4 aromatic rings. The van der Waals surface area contributed by atoms with Crippen molar-refractivity contribution in [3.8, 4) is 11.1 Å². The first-order valence-electron chi connectivity index (χ1n) is 10.8. The van der Waals surface area contributed by atoms with Crippen molar-refractivity contribution in [2.45, 2.75) is 38.4 Å². The molecule has 2 N–H and O–H groups in total. The molecule has 0 saturated heterocycles. The maximum atomic E-state index is 13.3. The zero-order valence-electron chi connectivity index (χ0n) is 18.5. The normalized spacial score (nSPS) is 11.1. The number of H-pyrrole nitrogens is 1. The van der Waals surface area contributed by atoms with Crippen LogP contribution < -0.4 is 10.9 Å². The molecule has 0 aliphatic rings. The molecule has 4 rings (SSSR count). The van der Waals surface area contributed by atoms with Crippen molar-refractivity contribution in [1.82, 2.24) is 14.5 Å². The summed E-state index contributed by atoms with van der Waals surface area (Å²) in [5.41, 5.74) is 4.39. The number of hydrogen-bond acceptors (Lipinski definition) is 4. The molecule has 0 fully saturated rings. The van der Waals surface area contributed by atoms with Crippen molar-refractivity contribution in [3.63, 3.8) is 0 Å². The van der Waals surface area contributed by atoms with E-state index < -0.39 is 0 Å². The summed E-state index contributed by atoms with van der Waals surface area (Å²) in [5, 5.41) is 3.86. The summed E-state index contributed by atoms with van der Waals surface area (Å²) in [6.45, 7) is 4.56. The average Bonchev–Trinajstić information content (AvgIpc) is 3.24. The number of aryl methyl sites for hydroxylation is 1. The predicted molar refractivity (Wildman–Crippen MR) is 136 cm³/mol. The van der Waals surface area contributed by atoms with E-state index in [1.165, 1.54) is 11.8 Å². The minimum Gasteiger partial charge on any atom is -0.355 e. The topological polar surface area (TPSA) is 79.8 Å². The monoisotopic (exact) mass is 480 g/mol. The summed E-state index contributed by atoms with van der Waals surface area (Å²) >= 11 is 7.49. The molecular weight excluding hydrogens is 456 g/mol. The number of anilines is 1. The van der Waals surface area contributed by atoms with E-state index in [1.54, 1.807) is 16.7 Å². The maximum absolute atomic E-state index is 13.3. The van der Waals surface area contributed by atoms with Crippen LogP contribution in [0.1, 0.15) is 25.3 Å². The summed E-state index contributed by atoms with van der Waals surface area (Å²) in [6.07, 6.45) is 3.61. The van der Waals surface area contributed by atoms with E-state index in [0.29, 0.717) is 33.4 Å². The van der Waals surface area contributed by atoms with Gasteiger partial charge in [-0.2, -0.15) is 0 Å². The van der Waals surface area contributed by atoms with E-state index >= 15 is 0 Å². The third-order valence-electron chi connectivity index (χ3n) is 5.30. The highest BCUT2D eigenvalue weighted by Gasteiger charge is 2.18. The Balaban J connectivity index is 1.64. The second-order valence-corrected chi connectivity index (χ2v) is 9.17. The number of nitrogens with one attached hydrogen (secondary N) is 2. The minimum absolute atomic E-state index is 0.110. The Morgan fingerprint density at radius 1 is 1.21 bits per heavy atom. The van der Waals surface area contributed by atoms with Gasteiger partial charge in [-0.15, -0.1) is 0 Å². The number of carbonyl (C=O) groups excluding carboxylic acids is 1. The summed E-state index contributed by atoms with van der Waals surface area (Å²) in [7, 11) is 0. The molecule has 0 aliphatic heterocycles. The molecule has 0 saturated carbocycles. The lowest BCUT2D eigenvalue weighted by molar-refractivity contribution is -0.113. The largest absolute Gasteiger partial charge is 0.355 e. The van der Waals surface area contributed by atoms with Crippen LogP contribution in [0.25, 0.3) is 22.2 Å². The van der Waals surface area contributed by atoms with Crippen molar-refractivity contribution >= 4 is 46.0 Å². The molecule has 0 bridgehead atoms. The van der Waals surface area contributed by atoms with Crippen LogP contribution in [-0.2, 0) is 11.3 Å². The maximum Gasteiger partial charge on any atom is 0.278 e. The minimum atomic E-state index is -0.209. The van der Waals surface area contributed by atoms with Gasteiger partial charge >= 0.3 is 0 Å². The number of thioether (sulfide) groups is 1. The van der Waals surface area contributed by atoms with Gasteiger partial charge in [0.15, 0.2) is 5.16 Å². The molecule has 0 radical (unpaired) electrons. The molecule has 2 aromatic heterocycles. The van der Waals surface area contributed by atoms with Crippen molar-refractivity contribution < 1.29 is 4.79 Å². The zero-order chi connectivity index (χ0) is 23.4. The number of rotatable bonds is 8. The number of carbonyl (C=O) groups is 1. The number of aromatic amines is 1. The van der Waals surface area contributed by atoms with Gasteiger partial charge in [-0.25, -0.2) is 4.98 Å². The van der Waals surface area contributed by atoms with E-state index in [-0.39, 0.29) is 17.2 Å². The zero-order valence-corrected chi connectivity index (χ0v) is 20.1. The summed E-state index contributed by atoms with van der Waals surface area (Å²) in [6, 6.07) is 15.3. The Kier molecular flexibility index (Phi) is 7.20. The lowest BCUT2D eigenvalue weighted by Crippen LogP contribution is -2.24. The second-order valence-electron chi connectivity index (χ2n) is 7.82. The smallest absolute Gasteiger partial charge is 0.278 e. The van der Waals surface area contributed by atoms with Crippen molar-refractivity contribution in [3.05, 3.63) is 75.7 Å². The third kappa shape index (κ3) is 5.15. The van der Waals surface area contributed by atoms with Crippen LogP contribution >= 0.6 is 23.4 Å². The van der Waals surface area contributed by atoms with Crippen LogP contribution in [0.3, 0.4) is 0 Å².